The smallest absolute Gasteiger partial charge is 0.151 e. The number of para-hydroxylation sites is 1. The largest absolute Gasteiger partial charge is 0.363 e. The Morgan fingerprint density at radius 2 is 2.12 bits per heavy atom. The predicted molar refractivity (Wildman–Crippen MR) is 70.3 cm³/mol. The first kappa shape index (κ1) is 11.6. The van der Waals surface area contributed by atoms with Gasteiger partial charge in [-0.25, -0.2) is 4.98 Å². The highest BCUT2D eigenvalue weighted by Crippen LogP contribution is 2.19. The van der Waals surface area contributed by atoms with E-state index in [4.69, 9.17) is 0 Å². The lowest BCUT2D eigenvalue weighted by molar-refractivity contribution is -0.117. The van der Waals surface area contributed by atoms with Crippen LogP contribution in [0.1, 0.15) is 18.9 Å². The van der Waals surface area contributed by atoms with Crippen molar-refractivity contribution in [2.45, 2.75) is 20.3 Å². The molecule has 3 nitrogen and oxygen atoms in total. The van der Waals surface area contributed by atoms with Gasteiger partial charge in [0.15, 0.2) is 5.78 Å². The molecule has 0 aliphatic rings. The molecule has 88 valence electrons. The molecule has 0 amide bonds. The van der Waals surface area contributed by atoms with E-state index in [1.807, 2.05) is 31.2 Å². The molecule has 0 saturated carbocycles. The molecule has 0 fully saturated rings. The minimum Gasteiger partial charge on any atom is -0.363 e. The van der Waals surface area contributed by atoms with Crippen molar-refractivity contribution in [1.82, 2.24) is 4.98 Å². The van der Waals surface area contributed by atoms with E-state index in [1.54, 1.807) is 0 Å². The highest BCUT2D eigenvalue weighted by Gasteiger charge is 2.03. The van der Waals surface area contributed by atoms with Crippen molar-refractivity contribution in [2.24, 2.45) is 0 Å². The fourth-order valence-electron chi connectivity index (χ4n) is 1.75. The third kappa shape index (κ3) is 2.61. The standard InChI is InChI=1S/C14H16N2O/c1-3-11(17)9-15-14-8-10(2)12-6-4-5-7-13(12)16-14/h4-8H,3,9H2,1-2H3,(H,15,16). The number of anilines is 1. The predicted octanol–water partition coefficient (Wildman–Crippen LogP) is 2.93. The molecule has 0 saturated heterocycles. The maximum absolute atomic E-state index is 11.2. The summed E-state index contributed by atoms with van der Waals surface area (Å²) in [5, 5.41) is 4.22. The van der Waals surface area contributed by atoms with Gasteiger partial charge in [-0.05, 0) is 24.6 Å². The van der Waals surface area contributed by atoms with Crippen LogP contribution in [0, 0.1) is 6.92 Å². The molecule has 0 atom stereocenters. The summed E-state index contributed by atoms with van der Waals surface area (Å²) < 4.78 is 0. The number of carbonyl (C=O) groups excluding carboxylic acids is 1. The Bertz CT molecular complexity index is 549. The van der Waals surface area contributed by atoms with E-state index < -0.39 is 0 Å². The molecule has 0 aliphatic carbocycles. The molecule has 0 spiro atoms. The molecule has 1 aromatic carbocycles. The van der Waals surface area contributed by atoms with Gasteiger partial charge in [-0.2, -0.15) is 0 Å². The van der Waals surface area contributed by atoms with Crippen molar-refractivity contribution in [3.8, 4) is 0 Å². The third-order valence-corrected chi connectivity index (χ3v) is 2.78. The number of hydrogen-bond donors (Lipinski definition) is 1. The first-order valence-corrected chi connectivity index (χ1v) is 5.82. The number of ketones is 1. The summed E-state index contributed by atoms with van der Waals surface area (Å²) in [5.74, 6) is 0.959. The molecule has 1 N–H and O–H groups in total. The molecule has 2 aromatic rings. The lowest BCUT2D eigenvalue weighted by Crippen LogP contribution is -2.13. The van der Waals surface area contributed by atoms with Gasteiger partial charge in [-0.1, -0.05) is 25.1 Å². The van der Waals surface area contributed by atoms with Gasteiger partial charge < -0.3 is 5.32 Å². The number of carbonyl (C=O) groups is 1. The van der Waals surface area contributed by atoms with Gasteiger partial charge in [0.05, 0.1) is 12.1 Å². The molecular formula is C14H16N2O. The Kier molecular flexibility index (Phi) is 3.38. The van der Waals surface area contributed by atoms with Gasteiger partial charge in [0, 0.05) is 11.8 Å². The molecule has 2 rings (SSSR count). The average molecular weight is 228 g/mol. The van der Waals surface area contributed by atoms with E-state index >= 15 is 0 Å². The lowest BCUT2D eigenvalue weighted by Gasteiger charge is -2.07. The Labute approximate surface area is 101 Å². The number of aromatic nitrogens is 1. The van der Waals surface area contributed by atoms with Crippen molar-refractivity contribution in [3.05, 3.63) is 35.9 Å². The maximum atomic E-state index is 11.2. The quantitative estimate of drug-likeness (QED) is 0.874. The second kappa shape index (κ2) is 4.95. The summed E-state index contributed by atoms with van der Waals surface area (Å²) in [6.07, 6.45) is 0.555. The second-order valence-electron chi connectivity index (χ2n) is 4.09. The normalized spacial score (nSPS) is 10.5. The highest BCUT2D eigenvalue weighted by molar-refractivity contribution is 5.85. The van der Waals surface area contributed by atoms with Crippen LogP contribution in [0.5, 0.6) is 0 Å². The van der Waals surface area contributed by atoms with Crippen LogP contribution in [0.4, 0.5) is 5.82 Å². The zero-order chi connectivity index (χ0) is 12.3. The molecule has 0 radical (unpaired) electrons. The number of hydrogen-bond acceptors (Lipinski definition) is 3. The lowest BCUT2D eigenvalue weighted by atomic mass is 10.1. The van der Waals surface area contributed by atoms with Crippen LogP contribution < -0.4 is 5.32 Å². The SMILES string of the molecule is CCC(=O)CNc1cc(C)c2ccccc2n1. The Morgan fingerprint density at radius 1 is 1.35 bits per heavy atom. The van der Waals surface area contributed by atoms with Gasteiger partial charge in [-0.15, -0.1) is 0 Å². The molecule has 0 unspecified atom stereocenters. The van der Waals surface area contributed by atoms with Gasteiger partial charge in [-0.3, -0.25) is 4.79 Å². The monoisotopic (exact) mass is 228 g/mol. The minimum atomic E-state index is 0.192. The minimum absolute atomic E-state index is 0.192. The van der Waals surface area contributed by atoms with Crippen LogP contribution >= 0.6 is 0 Å². The Morgan fingerprint density at radius 3 is 2.88 bits per heavy atom. The zero-order valence-corrected chi connectivity index (χ0v) is 10.2. The molecule has 3 heteroatoms. The van der Waals surface area contributed by atoms with E-state index in [2.05, 4.69) is 23.3 Å². The van der Waals surface area contributed by atoms with E-state index in [0.717, 1.165) is 16.7 Å². The van der Waals surface area contributed by atoms with Crippen LogP contribution in [-0.2, 0) is 4.79 Å². The van der Waals surface area contributed by atoms with E-state index in [9.17, 15) is 4.79 Å². The molecule has 1 aromatic heterocycles. The zero-order valence-electron chi connectivity index (χ0n) is 10.2. The van der Waals surface area contributed by atoms with Gasteiger partial charge in [0.2, 0.25) is 0 Å². The first-order valence-electron chi connectivity index (χ1n) is 5.82. The van der Waals surface area contributed by atoms with Crippen molar-refractivity contribution in [1.29, 1.82) is 0 Å². The van der Waals surface area contributed by atoms with Crippen molar-refractivity contribution in [2.75, 3.05) is 11.9 Å². The molecular weight excluding hydrogens is 212 g/mol. The van der Waals surface area contributed by atoms with E-state index in [0.29, 0.717) is 13.0 Å². The number of benzene rings is 1. The van der Waals surface area contributed by atoms with Crippen LogP contribution in [-0.4, -0.2) is 17.3 Å². The fourth-order valence-corrected chi connectivity index (χ4v) is 1.75. The topological polar surface area (TPSA) is 42.0 Å². The summed E-state index contributed by atoms with van der Waals surface area (Å²) in [7, 11) is 0. The van der Waals surface area contributed by atoms with Gasteiger partial charge >= 0.3 is 0 Å². The highest BCUT2D eigenvalue weighted by atomic mass is 16.1. The van der Waals surface area contributed by atoms with Crippen molar-refractivity contribution in [3.63, 3.8) is 0 Å². The van der Waals surface area contributed by atoms with Crippen molar-refractivity contribution >= 4 is 22.5 Å². The van der Waals surface area contributed by atoms with E-state index in [-0.39, 0.29) is 5.78 Å². The number of pyridine rings is 1. The van der Waals surface area contributed by atoms with Crippen LogP contribution in [0.25, 0.3) is 10.9 Å². The number of nitrogens with zero attached hydrogens (tertiary/aromatic N) is 1. The number of nitrogens with one attached hydrogen (secondary N) is 1. The molecule has 17 heavy (non-hydrogen) atoms. The number of aryl methyl sites for hydroxylation is 1. The molecule has 1 heterocycles. The maximum Gasteiger partial charge on any atom is 0.151 e. The number of rotatable bonds is 4. The van der Waals surface area contributed by atoms with Crippen LogP contribution in [0.2, 0.25) is 0 Å². The van der Waals surface area contributed by atoms with Gasteiger partial charge in [0.1, 0.15) is 5.82 Å². The van der Waals surface area contributed by atoms with E-state index in [1.165, 1.54) is 5.56 Å². The Balaban J connectivity index is 2.27. The Hall–Kier alpha value is -1.90. The average Bonchev–Trinajstić information content (AvgIpc) is 2.36. The molecule has 0 aliphatic heterocycles. The summed E-state index contributed by atoms with van der Waals surface area (Å²) in [5.41, 5.74) is 2.13. The molecule has 0 bridgehead atoms. The van der Waals surface area contributed by atoms with Crippen molar-refractivity contribution < 1.29 is 4.79 Å². The first-order chi connectivity index (χ1) is 8.20. The second-order valence-corrected chi connectivity index (χ2v) is 4.09. The summed E-state index contributed by atoms with van der Waals surface area (Å²) in [6, 6.07) is 9.99. The number of fused-ring (bicyclic) bond motifs is 1. The third-order valence-electron chi connectivity index (χ3n) is 2.78. The fraction of sp³-hybridized carbons (Fsp3) is 0.286. The van der Waals surface area contributed by atoms with Crippen LogP contribution in [0.15, 0.2) is 30.3 Å². The summed E-state index contributed by atoms with van der Waals surface area (Å²) in [6.45, 7) is 4.27. The summed E-state index contributed by atoms with van der Waals surface area (Å²) in [4.78, 5) is 15.7. The van der Waals surface area contributed by atoms with Gasteiger partial charge in [0.25, 0.3) is 0 Å². The van der Waals surface area contributed by atoms with Crippen LogP contribution in [0.3, 0.4) is 0 Å². The number of Topliss-reactive ketones (excluding diaryl/α,β-unsaturated/α-hetero) is 1. The summed E-state index contributed by atoms with van der Waals surface area (Å²) >= 11 is 0.